The van der Waals surface area contributed by atoms with E-state index in [0.717, 1.165) is 6.42 Å². The molecule has 1 heterocycles. The third-order valence-corrected chi connectivity index (χ3v) is 6.04. The molecule has 0 saturated carbocycles. The zero-order valence-electron chi connectivity index (χ0n) is 12.1. The average Bonchev–Trinajstić information content (AvgIpc) is 2.76. The molecule has 4 nitrogen and oxygen atoms in total. The number of sulfonamides is 1. The van der Waals surface area contributed by atoms with Crippen LogP contribution in [0.2, 0.25) is 5.02 Å². The van der Waals surface area contributed by atoms with Crippen molar-refractivity contribution in [3.05, 3.63) is 28.8 Å². The molecule has 2 atom stereocenters. The summed E-state index contributed by atoms with van der Waals surface area (Å²) >= 11 is 6.15. The van der Waals surface area contributed by atoms with Gasteiger partial charge in [-0.3, -0.25) is 0 Å². The zero-order valence-corrected chi connectivity index (χ0v) is 13.7. The van der Waals surface area contributed by atoms with Gasteiger partial charge in [0.1, 0.15) is 4.90 Å². The summed E-state index contributed by atoms with van der Waals surface area (Å²) in [5.74, 6) is 5.92. The van der Waals surface area contributed by atoms with Gasteiger partial charge >= 0.3 is 0 Å². The smallest absolute Gasteiger partial charge is 0.244 e. The Morgan fingerprint density at radius 3 is 2.67 bits per heavy atom. The summed E-state index contributed by atoms with van der Waals surface area (Å²) in [6.07, 6.45) is 0.872. The molecule has 0 bridgehead atoms. The van der Waals surface area contributed by atoms with Crippen LogP contribution in [0.5, 0.6) is 0 Å². The van der Waals surface area contributed by atoms with Crippen LogP contribution in [-0.4, -0.2) is 31.9 Å². The van der Waals surface area contributed by atoms with Crippen LogP contribution in [0.4, 0.5) is 0 Å². The molecule has 1 fully saturated rings. The molecule has 2 N–H and O–H groups in total. The molecule has 6 heteroatoms. The van der Waals surface area contributed by atoms with E-state index in [1.165, 1.54) is 10.4 Å². The highest BCUT2D eigenvalue weighted by molar-refractivity contribution is 7.89. The van der Waals surface area contributed by atoms with Crippen LogP contribution < -0.4 is 5.73 Å². The minimum absolute atomic E-state index is 0.00206. The lowest BCUT2D eigenvalue weighted by Gasteiger charge is -2.21. The van der Waals surface area contributed by atoms with E-state index in [-0.39, 0.29) is 22.5 Å². The molecule has 21 heavy (non-hydrogen) atoms. The minimum Gasteiger partial charge on any atom is -0.320 e. The molecule has 2 unspecified atom stereocenters. The van der Waals surface area contributed by atoms with Crippen LogP contribution in [0, 0.1) is 17.8 Å². The van der Waals surface area contributed by atoms with Gasteiger partial charge in [0.15, 0.2) is 0 Å². The summed E-state index contributed by atoms with van der Waals surface area (Å²) in [4.78, 5) is 0.142. The quantitative estimate of drug-likeness (QED) is 0.846. The van der Waals surface area contributed by atoms with Crippen LogP contribution in [0.15, 0.2) is 23.1 Å². The maximum Gasteiger partial charge on any atom is 0.244 e. The second-order valence-electron chi connectivity index (χ2n) is 5.42. The Balaban J connectivity index is 2.37. The second-order valence-corrected chi connectivity index (χ2v) is 7.68. The van der Waals surface area contributed by atoms with Gasteiger partial charge in [0.2, 0.25) is 10.0 Å². The van der Waals surface area contributed by atoms with Gasteiger partial charge in [-0.15, -0.1) is 0 Å². The highest BCUT2D eigenvalue weighted by Crippen LogP contribution is 2.32. The van der Waals surface area contributed by atoms with Crippen LogP contribution in [0.1, 0.15) is 25.8 Å². The molecule has 0 amide bonds. The Morgan fingerprint density at radius 2 is 2.14 bits per heavy atom. The highest BCUT2D eigenvalue weighted by Gasteiger charge is 2.36. The van der Waals surface area contributed by atoms with Gasteiger partial charge in [-0.25, -0.2) is 8.42 Å². The molecule has 0 aliphatic carbocycles. The number of nitrogens with zero attached hydrogens (tertiary/aromatic N) is 1. The standard InChI is InChI=1S/C15H19ClN2O2S/c1-11-8-12(2)18(10-11)21(19,20)15-6-5-13(4-3-7-17)9-14(15)16/h5-6,9,11-12H,7-8,10,17H2,1-2H3. The molecule has 1 aromatic carbocycles. The monoisotopic (exact) mass is 326 g/mol. The normalized spacial score (nSPS) is 22.9. The topological polar surface area (TPSA) is 63.4 Å². The molecule has 0 aromatic heterocycles. The number of benzene rings is 1. The third kappa shape index (κ3) is 3.41. The molecule has 114 valence electrons. The van der Waals surface area contributed by atoms with E-state index < -0.39 is 10.0 Å². The van der Waals surface area contributed by atoms with E-state index in [1.807, 2.05) is 6.92 Å². The van der Waals surface area contributed by atoms with Gasteiger partial charge in [-0.1, -0.05) is 30.4 Å². The van der Waals surface area contributed by atoms with E-state index >= 15 is 0 Å². The first-order valence-electron chi connectivity index (χ1n) is 6.86. The summed E-state index contributed by atoms with van der Waals surface area (Å²) in [5, 5.41) is 0.200. The number of nitrogens with two attached hydrogens (primary N) is 1. The van der Waals surface area contributed by atoms with Gasteiger partial charge in [0.05, 0.1) is 11.6 Å². The zero-order chi connectivity index (χ0) is 15.6. The van der Waals surface area contributed by atoms with Crippen molar-refractivity contribution in [2.75, 3.05) is 13.1 Å². The fraction of sp³-hybridized carbons (Fsp3) is 0.467. The van der Waals surface area contributed by atoms with E-state index in [1.54, 1.807) is 12.1 Å². The third-order valence-electron chi connectivity index (χ3n) is 3.58. The Morgan fingerprint density at radius 1 is 1.43 bits per heavy atom. The lowest BCUT2D eigenvalue weighted by molar-refractivity contribution is 0.405. The molecule has 2 rings (SSSR count). The number of rotatable bonds is 2. The summed E-state index contributed by atoms with van der Waals surface area (Å²) < 4.78 is 27.0. The molecule has 1 aliphatic rings. The number of halogens is 1. The van der Waals surface area contributed by atoms with Crippen molar-refractivity contribution in [1.29, 1.82) is 0 Å². The van der Waals surface area contributed by atoms with Crippen molar-refractivity contribution < 1.29 is 8.42 Å². The van der Waals surface area contributed by atoms with Crippen molar-refractivity contribution >= 4 is 21.6 Å². The Hall–Kier alpha value is -1.06. The van der Waals surface area contributed by atoms with E-state index in [4.69, 9.17) is 17.3 Å². The van der Waals surface area contributed by atoms with Gasteiger partial charge in [0.25, 0.3) is 0 Å². The van der Waals surface area contributed by atoms with Crippen molar-refractivity contribution in [2.45, 2.75) is 31.2 Å². The number of hydrogen-bond acceptors (Lipinski definition) is 3. The van der Waals surface area contributed by atoms with Crippen LogP contribution in [0.3, 0.4) is 0 Å². The Labute approximate surface area is 131 Å². The first kappa shape index (κ1) is 16.3. The molecular weight excluding hydrogens is 308 g/mol. The fourth-order valence-electron chi connectivity index (χ4n) is 2.66. The predicted octanol–water partition coefficient (Wildman–Crippen LogP) is 2.07. The molecule has 1 saturated heterocycles. The minimum atomic E-state index is -3.56. The summed E-state index contributed by atoms with van der Waals surface area (Å²) in [5.41, 5.74) is 5.97. The average molecular weight is 327 g/mol. The molecule has 1 aliphatic heterocycles. The molecule has 0 radical (unpaired) electrons. The summed E-state index contributed by atoms with van der Waals surface area (Å²) in [6.45, 7) is 4.77. The maximum atomic E-state index is 12.7. The predicted molar refractivity (Wildman–Crippen MR) is 84.5 cm³/mol. The van der Waals surface area contributed by atoms with Crippen molar-refractivity contribution in [2.24, 2.45) is 11.7 Å². The summed E-state index contributed by atoms with van der Waals surface area (Å²) in [7, 11) is -3.56. The molecule has 0 spiro atoms. The lowest BCUT2D eigenvalue weighted by atomic mass is 10.1. The highest BCUT2D eigenvalue weighted by atomic mass is 35.5. The van der Waals surface area contributed by atoms with Gasteiger partial charge in [-0.2, -0.15) is 4.31 Å². The Kier molecular flexibility index (Phi) is 4.95. The van der Waals surface area contributed by atoms with Gasteiger partial charge in [0, 0.05) is 18.2 Å². The maximum absolute atomic E-state index is 12.7. The van der Waals surface area contributed by atoms with Crippen LogP contribution >= 0.6 is 11.6 Å². The van der Waals surface area contributed by atoms with Crippen molar-refractivity contribution in [1.82, 2.24) is 4.31 Å². The number of hydrogen-bond donors (Lipinski definition) is 1. The Bertz CT molecular complexity index is 691. The first-order valence-corrected chi connectivity index (χ1v) is 8.68. The van der Waals surface area contributed by atoms with Crippen molar-refractivity contribution in [3.63, 3.8) is 0 Å². The molecular formula is C15H19ClN2O2S. The summed E-state index contributed by atoms with van der Waals surface area (Å²) in [6, 6.07) is 4.75. The molecule has 1 aromatic rings. The SMILES string of the molecule is CC1CC(C)N(S(=O)(=O)c2ccc(C#CCN)cc2Cl)C1. The lowest BCUT2D eigenvalue weighted by Crippen LogP contribution is -2.34. The van der Waals surface area contributed by atoms with E-state index in [2.05, 4.69) is 18.8 Å². The van der Waals surface area contributed by atoms with E-state index in [0.29, 0.717) is 18.0 Å². The fourth-order valence-corrected chi connectivity index (χ4v) is 4.95. The first-order chi connectivity index (χ1) is 9.86. The van der Waals surface area contributed by atoms with Crippen LogP contribution in [0.25, 0.3) is 0 Å². The van der Waals surface area contributed by atoms with Gasteiger partial charge < -0.3 is 5.73 Å². The van der Waals surface area contributed by atoms with Crippen LogP contribution in [-0.2, 0) is 10.0 Å². The van der Waals surface area contributed by atoms with Crippen molar-refractivity contribution in [3.8, 4) is 11.8 Å². The van der Waals surface area contributed by atoms with Gasteiger partial charge in [-0.05, 0) is 37.5 Å². The van der Waals surface area contributed by atoms with E-state index in [9.17, 15) is 8.42 Å². The second kappa shape index (κ2) is 6.37. The largest absolute Gasteiger partial charge is 0.320 e.